The van der Waals surface area contributed by atoms with E-state index in [1.807, 2.05) is 41.8 Å². The number of carbonyl (C=O) groups excluding carboxylic acids is 1. The van der Waals surface area contributed by atoms with Crippen molar-refractivity contribution in [2.24, 2.45) is 0 Å². The van der Waals surface area contributed by atoms with Crippen molar-refractivity contribution in [2.75, 3.05) is 6.54 Å². The molecule has 25 heavy (non-hydrogen) atoms. The molecule has 1 aliphatic rings. The van der Waals surface area contributed by atoms with Gasteiger partial charge in [0.15, 0.2) is 0 Å². The van der Waals surface area contributed by atoms with E-state index < -0.39 is 0 Å². The van der Waals surface area contributed by atoms with Gasteiger partial charge in [0.05, 0.1) is 12.1 Å². The molecule has 0 spiro atoms. The SMILES string of the molecule is Cc1cccn2c(CC(=O)NCC3(c4ccc(F)cc4)CC3)cnc12. The van der Waals surface area contributed by atoms with Crippen LogP contribution in [-0.4, -0.2) is 21.8 Å². The molecule has 1 saturated carbocycles. The standard InChI is InChI=1S/C20H20FN3O/c1-14-3-2-10-24-17(12-22-19(14)24)11-18(25)23-13-20(8-9-20)15-4-6-16(21)7-5-15/h2-7,10,12H,8-9,11,13H2,1H3,(H,23,25). The number of aromatic nitrogens is 2. The van der Waals surface area contributed by atoms with E-state index in [9.17, 15) is 9.18 Å². The number of hydrogen-bond acceptors (Lipinski definition) is 2. The normalized spacial score (nSPS) is 15.3. The Morgan fingerprint density at radius 3 is 2.76 bits per heavy atom. The summed E-state index contributed by atoms with van der Waals surface area (Å²) in [4.78, 5) is 16.8. The van der Waals surface area contributed by atoms with Crippen molar-refractivity contribution >= 4 is 11.6 Å². The number of halogens is 1. The first-order chi connectivity index (χ1) is 12.1. The summed E-state index contributed by atoms with van der Waals surface area (Å²) in [5, 5.41) is 3.04. The van der Waals surface area contributed by atoms with Crippen molar-refractivity contribution in [3.63, 3.8) is 0 Å². The molecule has 1 N–H and O–H groups in total. The Labute approximate surface area is 145 Å². The number of carbonyl (C=O) groups is 1. The summed E-state index contributed by atoms with van der Waals surface area (Å²) in [5.74, 6) is -0.247. The van der Waals surface area contributed by atoms with E-state index in [1.54, 1.807) is 6.20 Å². The predicted octanol–water partition coefficient (Wildman–Crippen LogP) is 3.17. The molecule has 0 radical (unpaired) electrons. The fourth-order valence-electron chi connectivity index (χ4n) is 3.35. The van der Waals surface area contributed by atoms with E-state index in [2.05, 4.69) is 10.3 Å². The molecular formula is C20H20FN3O. The molecule has 2 heterocycles. The van der Waals surface area contributed by atoms with Crippen LogP contribution in [0, 0.1) is 12.7 Å². The minimum atomic E-state index is -0.230. The molecule has 0 saturated heterocycles. The highest BCUT2D eigenvalue weighted by molar-refractivity contribution is 5.78. The molecule has 3 aromatic rings. The van der Waals surface area contributed by atoms with Crippen LogP contribution in [0.4, 0.5) is 4.39 Å². The highest BCUT2D eigenvalue weighted by atomic mass is 19.1. The third-order valence-corrected chi connectivity index (χ3v) is 5.08. The second-order valence-electron chi connectivity index (χ2n) is 6.88. The zero-order valence-corrected chi connectivity index (χ0v) is 14.1. The number of amides is 1. The second kappa shape index (κ2) is 5.99. The van der Waals surface area contributed by atoms with Gasteiger partial charge in [-0.2, -0.15) is 0 Å². The largest absolute Gasteiger partial charge is 0.355 e. The first-order valence-corrected chi connectivity index (χ1v) is 8.52. The lowest BCUT2D eigenvalue weighted by Gasteiger charge is -2.16. The van der Waals surface area contributed by atoms with Gasteiger partial charge in [-0.1, -0.05) is 18.2 Å². The summed E-state index contributed by atoms with van der Waals surface area (Å²) >= 11 is 0. The van der Waals surface area contributed by atoms with Crippen molar-refractivity contribution in [3.05, 3.63) is 71.4 Å². The van der Waals surface area contributed by atoms with Gasteiger partial charge in [-0.15, -0.1) is 0 Å². The van der Waals surface area contributed by atoms with Crippen LogP contribution in [0.15, 0.2) is 48.8 Å². The van der Waals surface area contributed by atoms with Crippen LogP contribution in [-0.2, 0) is 16.6 Å². The molecule has 128 valence electrons. The molecule has 1 aromatic carbocycles. The topological polar surface area (TPSA) is 46.4 Å². The first-order valence-electron chi connectivity index (χ1n) is 8.52. The fourth-order valence-corrected chi connectivity index (χ4v) is 3.35. The molecule has 1 amide bonds. The number of imidazole rings is 1. The van der Waals surface area contributed by atoms with Gasteiger partial charge in [0.1, 0.15) is 11.5 Å². The van der Waals surface area contributed by atoms with Crippen molar-refractivity contribution in [1.29, 1.82) is 0 Å². The van der Waals surface area contributed by atoms with Crippen LogP contribution in [0.3, 0.4) is 0 Å². The maximum Gasteiger partial charge on any atom is 0.226 e. The second-order valence-corrected chi connectivity index (χ2v) is 6.88. The van der Waals surface area contributed by atoms with E-state index in [0.717, 1.165) is 35.3 Å². The monoisotopic (exact) mass is 337 g/mol. The molecule has 0 bridgehead atoms. The molecule has 0 unspecified atom stereocenters. The zero-order valence-electron chi connectivity index (χ0n) is 14.1. The first kappa shape index (κ1) is 15.8. The lowest BCUT2D eigenvalue weighted by Crippen LogP contribution is -2.33. The Hall–Kier alpha value is -2.69. The van der Waals surface area contributed by atoms with Gasteiger partial charge in [-0.25, -0.2) is 9.37 Å². The Balaban J connectivity index is 1.42. The minimum Gasteiger partial charge on any atom is -0.355 e. The predicted molar refractivity (Wildman–Crippen MR) is 94.0 cm³/mol. The van der Waals surface area contributed by atoms with Gasteiger partial charge < -0.3 is 9.72 Å². The number of nitrogens with one attached hydrogen (secondary N) is 1. The molecular weight excluding hydrogens is 317 g/mol. The summed E-state index contributed by atoms with van der Waals surface area (Å²) in [6, 6.07) is 10.6. The lowest BCUT2D eigenvalue weighted by molar-refractivity contribution is -0.120. The summed E-state index contributed by atoms with van der Waals surface area (Å²) in [5.41, 5.74) is 3.92. The molecule has 1 fully saturated rings. The van der Waals surface area contributed by atoms with Gasteiger partial charge in [-0.3, -0.25) is 4.79 Å². The molecule has 0 atom stereocenters. The Morgan fingerprint density at radius 2 is 2.04 bits per heavy atom. The zero-order chi connectivity index (χ0) is 17.4. The third-order valence-electron chi connectivity index (χ3n) is 5.08. The Morgan fingerprint density at radius 1 is 1.28 bits per heavy atom. The van der Waals surface area contributed by atoms with Crippen LogP contribution in [0.25, 0.3) is 5.65 Å². The molecule has 5 heteroatoms. The van der Waals surface area contributed by atoms with Gasteiger partial charge >= 0.3 is 0 Å². The highest BCUT2D eigenvalue weighted by Gasteiger charge is 2.44. The van der Waals surface area contributed by atoms with Crippen LogP contribution in [0.5, 0.6) is 0 Å². The number of rotatable bonds is 5. The maximum atomic E-state index is 13.1. The number of hydrogen-bond donors (Lipinski definition) is 1. The van der Waals surface area contributed by atoms with Crippen LogP contribution >= 0.6 is 0 Å². The number of benzene rings is 1. The summed E-state index contributed by atoms with van der Waals surface area (Å²) in [6.07, 6.45) is 6.03. The van der Waals surface area contributed by atoms with E-state index in [1.165, 1.54) is 12.1 Å². The van der Waals surface area contributed by atoms with Crippen molar-refractivity contribution < 1.29 is 9.18 Å². The summed E-state index contributed by atoms with van der Waals surface area (Å²) in [7, 11) is 0. The van der Waals surface area contributed by atoms with E-state index in [0.29, 0.717) is 13.0 Å². The number of fused-ring (bicyclic) bond motifs is 1. The van der Waals surface area contributed by atoms with Crippen LogP contribution in [0.1, 0.15) is 29.7 Å². The average Bonchev–Trinajstić information content (AvgIpc) is 3.29. The Kier molecular flexibility index (Phi) is 3.79. The lowest BCUT2D eigenvalue weighted by atomic mass is 9.96. The smallest absolute Gasteiger partial charge is 0.226 e. The van der Waals surface area contributed by atoms with Gasteiger partial charge in [0.25, 0.3) is 0 Å². The van der Waals surface area contributed by atoms with E-state index in [4.69, 9.17) is 0 Å². The molecule has 2 aromatic heterocycles. The quantitative estimate of drug-likeness (QED) is 0.777. The van der Waals surface area contributed by atoms with E-state index >= 15 is 0 Å². The summed E-state index contributed by atoms with van der Waals surface area (Å²) < 4.78 is 15.1. The van der Waals surface area contributed by atoms with E-state index in [-0.39, 0.29) is 17.1 Å². The van der Waals surface area contributed by atoms with Crippen molar-refractivity contribution in [3.8, 4) is 0 Å². The average molecular weight is 337 g/mol. The number of aryl methyl sites for hydroxylation is 1. The maximum absolute atomic E-state index is 13.1. The molecule has 1 aliphatic carbocycles. The van der Waals surface area contributed by atoms with Crippen molar-refractivity contribution in [1.82, 2.24) is 14.7 Å². The molecule has 0 aliphatic heterocycles. The highest BCUT2D eigenvalue weighted by Crippen LogP contribution is 2.47. The number of pyridine rings is 1. The fraction of sp³-hybridized carbons (Fsp3) is 0.300. The van der Waals surface area contributed by atoms with Crippen LogP contribution in [0.2, 0.25) is 0 Å². The molecule has 4 nitrogen and oxygen atoms in total. The van der Waals surface area contributed by atoms with Gasteiger partial charge in [0.2, 0.25) is 5.91 Å². The molecule has 4 rings (SSSR count). The number of nitrogens with zero attached hydrogens (tertiary/aromatic N) is 2. The minimum absolute atomic E-state index is 0.0170. The van der Waals surface area contributed by atoms with Crippen LogP contribution < -0.4 is 5.32 Å². The summed E-state index contributed by atoms with van der Waals surface area (Å²) in [6.45, 7) is 2.60. The van der Waals surface area contributed by atoms with Gasteiger partial charge in [-0.05, 0) is 49.1 Å². The Bertz CT molecular complexity index is 926. The van der Waals surface area contributed by atoms with Gasteiger partial charge in [0, 0.05) is 24.4 Å². The third kappa shape index (κ3) is 3.02. The van der Waals surface area contributed by atoms with Crippen molar-refractivity contribution in [2.45, 2.75) is 31.6 Å².